The smallest absolute Gasteiger partial charge is 0.108 e. The third-order valence-corrected chi connectivity index (χ3v) is 6.21. The van der Waals surface area contributed by atoms with Gasteiger partial charge in [-0.15, -0.1) is 0 Å². The minimum Gasteiger partial charge on any atom is -0.383 e. The monoisotopic (exact) mass is 332 g/mol. The average molecular weight is 332 g/mol. The zero-order chi connectivity index (χ0) is 17.0. The second-order valence-electron chi connectivity index (χ2n) is 7.88. The van der Waals surface area contributed by atoms with Crippen LogP contribution in [0.5, 0.6) is 0 Å². The summed E-state index contributed by atoms with van der Waals surface area (Å²) in [6.45, 7) is 2.81. The van der Waals surface area contributed by atoms with Crippen LogP contribution in [-0.4, -0.2) is 14.7 Å². The number of hydrogen-bond donors (Lipinski definition) is 1. The number of aryl methyl sites for hydroxylation is 2. The van der Waals surface area contributed by atoms with Gasteiger partial charge in [0.15, 0.2) is 0 Å². The van der Waals surface area contributed by atoms with Crippen molar-refractivity contribution in [1.82, 2.24) is 9.55 Å². The highest BCUT2D eigenvalue weighted by molar-refractivity contribution is 5.87. The van der Waals surface area contributed by atoms with Crippen LogP contribution in [0.15, 0.2) is 42.7 Å². The molecule has 0 saturated heterocycles. The quantitative estimate of drug-likeness (QED) is 0.715. The molecule has 0 radical (unpaired) electrons. The maximum Gasteiger partial charge on any atom is 0.108 e. The first kappa shape index (κ1) is 15.2. The Morgan fingerprint density at radius 2 is 2.00 bits per heavy atom. The fraction of sp³-hybridized carbons (Fsp3) is 0.409. The molecule has 1 aliphatic heterocycles. The van der Waals surface area contributed by atoms with Crippen molar-refractivity contribution in [2.75, 3.05) is 0 Å². The number of aromatic nitrogens is 2. The van der Waals surface area contributed by atoms with Gasteiger partial charge in [-0.1, -0.05) is 18.1 Å². The number of pyridine rings is 1. The first-order valence-corrected chi connectivity index (χ1v) is 9.40. The second-order valence-corrected chi connectivity index (χ2v) is 7.88. The highest BCUT2D eigenvalue weighted by atomic mass is 16.3. The zero-order valence-corrected chi connectivity index (χ0v) is 14.7. The number of nitrogens with zero attached hydrogens (tertiary/aromatic N) is 2. The summed E-state index contributed by atoms with van der Waals surface area (Å²) in [6.07, 6.45) is 9.25. The van der Waals surface area contributed by atoms with Crippen molar-refractivity contribution in [2.24, 2.45) is 0 Å². The van der Waals surface area contributed by atoms with Crippen LogP contribution < -0.4 is 0 Å². The molecule has 0 amide bonds. The van der Waals surface area contributed by atoms with Gasteiger partial charge in [-0.2, -0.15) is 0 Å². The van der Waals surface area contributed by atoms with E-state index in [0.717, 1.165) is 12.0 Å². The van der Waals surface area contributed by atoms with Crippen LogP contribution in [0, 0.1) is 6.92 Å². The number of rotatable bonds is 1. The molecule has 3 aromatic rings. The van der Waals surface area contributed by atoms with Crippen molar-refractivity contribution in [3.05, 3.63) is 65.1 Å². The van der Waals surface area contributed by atoms with Gasteiger partial charge in [-0.05, 0) is 68.0 Å². The fourth-order valence-electron chi connectivity index (χ4n) is 5.09. The minimum atomic E-state index is -0.806. The van der Waals surface area contributed by atoms with Crippen LogP contribution >= 0.6 is 0 Å². The van der Waals surface area contributed by atoms with Crippen molar-refractivity contribution in [2.45, 2.75) is 57.1 Å². The van der Waals surface area contributed by atoms with Gasteiger partial charge in [-0.3, -0.25) is 4.98 Å². The largest absolute Gasteiger partial charge is 0.383 e. The third-order valence-electron chi connectivity index (χ3n) is 6.21. The average Bonchev–Trinajstić information content (AvgIpc) is 2.77. The van der Waals surface area contributed by atoms with Gasteiger partial charge in [0.1, 0.15) is 5.60 Å². The van der Waals surface area contributed by atoms with Gasteiger partial charge in [0.2, 0.25) is 0 Å². The lowest BCUT2D eigenvalue weighted by atomic mass is 9.78. The summed E-state index contributed by atoms with van der Waals surface area (Å²) in [7, 11) is 0. The van der Waals surface area contributed by atoms with E-state index in [9.17, 15) is 5.11 Å². The Kier molecular flexibility index (Phi) is 3.29. The molecule has 3 nitrogen and oxygen atoms in total. The molecule has 25 heavy (non-hydrogen) atoms. The lowest BCUT2D eigenvalue weighted by Crippen LogP contribution is -2.38. The maximum absolute atomic E-state index is 11.6. The lowest BCUT2D eigenvalue weighted by Gasteiger charge is -2.39. The highest BCUT2D eigenvalue weighted by Crippen LogP contribution is 2.48. The van der Waals surface area contributed by atoms with E-state index >= 15 is 0 Å². The minimum absolute atomic E-state index is 0.442. The van der Waals surface area contributed by atoms with Gasteiger partial charge >= 0.3 is 0 Å². The van der Waals surface area contributed by atoms with E-state index < -0.39 is 5.60 Å². The summed E-state index contributed by atoms with van der Waals surface area (Å²) in [5, 5.41) is 13.0. The molecule has 0 saturated carbocycles. The summed E-state index contributed by atoms with van der Waals surface area (Å²) >= 11 is 0. The molecule has 1 aliphatic carbocycles. The molecule has 3 heterocycles. The predicted molar refractivity (Wildman–Crippen MR) is 99.7 cm³/mol. The Labute approximate surface area is 148 Å². The van der Waals surface area contributed by atoms with Crippen LogP contribution in [-0.2, 0) is 18.6 Å². The third kappa shape index (κ3) is 2.26. The van der Waals surface area contributed by atoms with Crippen molar-refractivity contribution in [3.8, 4) is 0 Å². The van der Waals surface area contributed by atoms with E-state index in [1.807, 2.05) is 12.1 Å². The van der Waals surface area contributed by atoms with E-state index in [-0.39, 0.29) is 0 Å². The molecular weight excluding hydrogens is 308 g/mol. The first-order valence-electron chi connectivity index (χ1n) is 9.40. The second kappa shape index (κ2) is 5.43. The van der Waals surface area contributed by atoms with Crippen LogP contribution in [0.1, 0.15) is 54.0 Å². The number of benzene rings is 1. The van der Waals surface area contributed by atoms with E-state index in [4.69, 9.17) is 0 Å². The standard InChI is InChI=1S/C22H24N2O/c1-15-6-7-20-19(12-15)18-5-3-2-4-16-13-22(25,14-24(20)21(16)18)17-8-10-23-11-9-17/h6-12,16,25H,2-5,13-14H2,1H3. The molecule has 0 bridgehead atoms. The molecule has 3 heteroatoms. The molecule has 2 atom stereocenters. The van der Waals surface area contributed by atoms with E-state index in [2.05, 4.69) is 34.7 Å². The van der Waals surface area contributed by atoms with Gasteiger partial charge in [-0.25, -0.2) is 0 Å². The molecule has 2 aliphatic rings. The molecule has 2 unspecified atom stereocenters. The number of aliphatic hydroxyl groups is 1. The van der Waals surface area contributed by atoms with Crippen molar-refractivity contribution >= 4 is 10.9 Å². The summed E-state index contributed by atoms with van der Waals surface area (Å²) in [4.78, 5) is 4.13. The topological polar surface area (TPSA) is 38.0 Å². The molecular formula is C22H24N2O. The van der Waals surface area contributed by atoms with E-state index in [1.54, 1.807) is 12.4 Å². The summed E-state index contributed by atoms with van der Waals surface area (Å²) in [5.74, 6) is 0.442. The van der Waals surface area contributed by atoms with Gasteiger partial charge in [0, 0.05) is 34.9 Å². The molecule has 1 aromatic carbocycles. The molecule has 2 aromatic heterocycles. The van der Waals surface area contributed by atoms with Gasteiger partial charge < -0.3 is 9.67 Å². The predicted octanol–water partition coefficient (Wildman–Crippen LogP) is 4.45. The number of hydrogen-bond acceptors (Lipinski definition) is 2. The summed E-state index contributed by atoms with van der Waals surface area (Å²) in [5.41, 5.74) is 5.83. The van der Waals surface area contributed by atoms with Crippen LogP contribution in [0.25, 0.3) is 10.9 Å². The van der Waals surface area contributed by atoms with Gasteiger partial charge in [0.25, 0.3) is 0 Å². The Hall–Kier alpha value is -2.13. The summed E-state index contributed by atoms with van der Waals surface area (Å²) in [6, 6.07) is 10.7. The number of fused-ring (bicyclic) bond motifs is 3. The van der Waals surface area contributed by atoms with Crippen molar-refractivity contribution in [1.29, 1.82) is 0 Å². The molecule has 5 rings (SSSR count). The Morgan fingerprint density at radius 3 is 2.84 bits per heavy atom. The first-order chi connectivity index (χ1) is 12.2. The Balaban J connectivity index is 1.75. The van der Waals surface area contributed by atoms with E-state index in [1.165, 1.54) is 53.4 Å². The van der Waals surface area contributed by atoms with Crippen LogP contribution in [0.2, 0.25) is 0 Å². The normalized spacial score (nSPS) is 25.6. The van der Waals surface area contributed by atoms with Crippen LogP contribution in [0.3, 0.4) is 0 Å². The van der Waals surface area contributed by atoms with Gasteiger partial charge in [0.05, 0.1) is 6.54 Å². The fourth-order valence-corrected chi connectivity index (χ4v) is 5.09. The lowest BCUT2D eigenvalue weighted by molar-refractivity contribution is -0.0102. The highest BCUT2D eigenvalue weighted by Gasteiger charge is 2.41. The Morgan fingerprint density at radius 1 is 1.16 bits per heavy atom. The van der Waals surface area contributed by atoms with Crippen molar-refractivity contribution in [3.63, 3.8) is 0 Å². The summed E-state index contributed by atoms with van der Waals surface area (Å²) < 4.78 is 2.42. The molecule has 0 spiro atoms. The maximum atomic E-state index is 11.6. The zero-order valence-electron chi connectivity index (χ0n) is 14.7. The Bertz CT molecular complexity index is 944. The van der Waals surface area contributed by atoms with E-state index in [0.29, 0.717) is 12.5 Å². The van der Waals surface area contributed by atoms with Crippen molar-refractivity contribution < 1.29 is 5.11 Å². The molecule has 128 valence electrons. The van der Waals surface area contributed by atoms with Crippen LogP contribution in [0.4, 0.5) is 0 Å². The molecule has 1 N–H and O–H groups in total. The molecule has 0 fully saturated rings. The SMILES string of the molecule is Cc1ccc2c(c1)c1c3n2CC(O)(c2ccncc2)CC3CCCC1.